The summed E-state index contributed by atoms with van der Waals surface area (Å²) in [5.41, 5.74) is 2.39. The summed E-state index contributed by atoms with van der Waals surface area (Å²) in [6, 6.07) is 3.54. The zero-order valence-electron chi connectivity index (χ0n) is 9.27. The monoisotopic (exact) mass is 234 g/mol. The van der Waals surface area contributed by atoms with E-state index in [0.717, 1.165) is 11.1 Å². The molecule has 6 heteroatoms. The van der Waals surface area contributed by atoms with Crippen LogP contribution in [0.1, 0.15) is 11.1 Å². The summed E-state index contributed by atoms with van der Waals surface area (Å²) in [6.07, 6.45) is -1.56. The van der Waals surface area contributed by atoms with Gasteiger partial charge in [0.2, 0.25) is 0 Å². The second kappa shape index (κ2) is 3.89. The predicted octanol–water partition coefficient (Wildman–Crippen LogP) is 1.60. The van der Waals surface area contributed by atoms with E-state index in [-0.39, 0.29) is 0 Å². The molecule has 2 rings (SSSR count). The molecule has 2 N–H and O–H groups in total. The summed E-state index contributed by atoms with van der Waals surface area (Å²) in [7, 11) is 0. The molecule has 0 amide bonds. The topological polar surface area (TPSA) is 92.3 Å². The van der Waals surface area contributed by atoms with E-state index in [1.807, 2.05) is 13.8 Å². The largest absolute Gasteiger partial charge is 0.512 e. The molecule has 2 aromatic rings. The Kier molecular flexibility index (Phi) is 2.55. The van der Waals surface area contributed by atoms with Gasteiger partial charge in [-0.3, -0.25) is 4.79 Å². The fourth-order valence-electron chi connectivity index (χ4n) is 1.48. The van der Waals surface area contributed by atoms with Gasteiger partial charge in [-0.05, 0) is 37.1 Å². The van der Waals surface area contributed by atoms with Crippen molar-refractivity contribution in [1.29, 1.82) is 0 Å². The van der Waals surface area contributed by atoms with Crippen LogP contribution in [0.15, 0.2) is 16.9 Å². The highest BCUT2D eigenvalue weighted by Crippen LogP contribution is 2.16. The maximum absolute atomic E-state index is 11.5. The first kappa shape index (κ1) is 11.1. The minimum absolute atomic E-state index is 0.465. The molecule has 0 fully saturated rings. The number of hydrogen-bond donors (Lipinski definition) is 2. The lowest BCUT2D eigenvalue weighted by atomic mass is 10.1. The molecule has 0 aliphatic rings. The van der Waals surface area contributed by atoms with Gasteiger partial charge in [-0.1, -0.05) is 0 Å². The quantitative estimate of drug-likeness (QED) is 0.731. The number of nitrogens with one attached hydrogen (secondary N) is 1. The molecule has 0 atom stereocenters. The molecule has 0 saturated carbocycles. The molecule has 0 bridgehead atoms. The Labute approximate surface area is 95.9 Å². The van der Waals surface area contributed by atoms with Gasteiger partial charge in [0.15, 0.2) is 0 Å². The van der Waals surface area contributed by atoms with E-state index in [9.17, 15) is 9.59 Å². The number of benzene rings is 1. The summed E-state index contributed by atoms with van der Waals surface area (Å²) in [4.78, 5) is 28.2. The lowest BCUT2D eigenvalue weighted by molar-refractivity contribution is 0.142. The average Bonchev–Trinajstić information content (AvgIpc) is 2.22. The molecule has 6 nitrogen and oxygen atoms in total. The zero-order chi connectivity index (χ0) is 12.6. The second-order valence-electron chi connectivity index (χ2n) is 3.69. The van der Waals surface area contributed by atoms with Crippen LogP contribution >= 0.6 is 0 Å². The van der Waals surface area contributed by atoms with Crippen LogP contribution in [-0.2, 0) is 0 Å². The number of aromatic amines is 1. The van der Waals surface area contributed by atoms with Gasteiger partial charge in [0, 0.05) is 0 Å². The van der Waals surface area contributed by atoms with Crippen LogP contribution in [0.2, 0.25) is 0 Å². The van der Waals surface area contributed by atoms with Crippen LogP contribution in [0.25, 0.3) is 11.0 Å². The van der Waals surface area contributed by atoms with Gasteiger partial charge < -0.3 is 14.8 Å². The summed E-state index contributed by atoms with van der Waals surface area (Å²) in [5, 5.41) is 8.45. The summed E-state index contributed by atoms with van der Waals surface area (Å²) in [6.45, 7) is 3.81. The van der Waals surface area contributed by atoms with Gasteiger partial charge in [-0.2, -0.15) is 0 Å². The molecule has 0 aliphatic carbocycles. The van der Waals surface area contributed by atoms with Crippen molar-refractivity contribution in [2.24, 2.45) is 0 Å². The summed E-state index contributed by atoms with van der Waals surface area (Å²) >= 11 is 0. The van der Waals surface area contributed by atoms with Crippen molar-refractivity contribution in [2.75, 3.05) is 0 Å². The molecule has 88 valence electrons. The highest BCUT2D eigenvalue weighted by Gasteiger charge is 2.10. The Hall–Kier alpha value is -2.37. The van der Waals surface area contributed by atoms with Crippen molar-refractivity contribution in [2.45, 2.75) is 13.8 Å². The molecule has 0 saturated heterocycles. The lowest BCUT2D eigenvalue weighted by Gasteiger charge is -2.04. The van der Waals surface area contributed by atoms with Crippen molar-refractivity contribution >= 4 is 17.2 Å². The highest BCUT2D eigenvalue weighted by atomic mass is 16.7. The van der Waals surface area contributed by atoms with Gasteiger partial charge in [-0.25, -0.2) is 9.78 Å². The summed E-state index contributed by atoms with van der Waals surface area (Å²) < 4.78 is 4.28. The average molecular weight is 234 g/mol. The van der Waals surface area contributed by atoms with Crippen LogP contribution in [0.3, 0.4) is 0 Å². The van der Waals surface area contributed by atoms with Gasteiger partial charge >= 0.3 is 11.7 Å². The molecule has 0 radical (unpaired) electrons. The maximum atomic E-state index is 11.5. The molecule has 0 aliphatic heterocycles. The van der Waals surface area contributed by atoms with Crippen molar-refractivity contribution in [3.8, 4) is 5.88 Å². The first-order valence-electron chi connectivity index (χ1n) is 4.89. The smallest absolute Gasteiger partial charge is 0.449 e. The number of H-pyrrole nitrogens is 1. The fourth-order valence-corrected chi connectivity index (χ4v) is 1.48. The molecule has 1 aromatic carbocycles. The minimum Gasteiger partial charge on any atom is -0.449 e. The van der Waals surface area contributed by atoms with Crippen LogP contribution in [0, 0.1) is 13.8 Å². The number of fused-ring (bicyclic) bond motifs is 1. The number of aromatic nitrogens is 2. The number of carboxylic acid groups (broad SMARTS) is 1. The number of ether oxygens (including phenoxy) is 1. The lowest BCUT2D eigenvalue weighted by Crippen LogP contribution is -2.16. The fraction of sp³-hybridized carbons (Fsp3) is 0.182. The van der Waals surface area contributed by atoms with E-state index in [2.05, 4.69) is 14.7 Å². The standard InChI is InChI=1S/C11H10N2O4/c1-5-3-7-8(4-6(5)2)13-10(9(14)12-7)17-11(15)16/h3-4H,1-2H3,(H,12,14)(H,15,16). The van der Waals surface area contributed by atoms with Crippen molar-refractivity contribution in [3.05, 3.63) is 33.6 Å². The molecule has 17 heavy (non-hydrogen) atoms. The summed E-state index contributed by atoms with van der Waals surface area (Å²) in [5.74, 6) is -0.465. The Morgan fingerprint density at radius 1 is 1.35 bits per heavy atom. The van der Waals surface area contributed by atoms with Gasteiger partial charge in [0.25, 0.3) is 5.88 Å². The van der Waals surface area contributed by atoms with Crippen molar-refractivity contribution in [3.63, 3.8) is 0 Å². The zero-order valence-corrected chi connectivity index (χ0v) is 9.27. The van der Waals surface area contributed by atoms with E-state index in [4.69, 9.17) is 5.11 Å². The SMILES string of the molecule is Cc1cc2nc(OC(=O)O)c(=O)[nH]c2cc1C. The van der Waals surface area contributed by atoms with Gasteiger partial charge in [0.05, 0.1) is 11.0 Å². The Bertz CT molecular complexity index is 660. The molecule has 1 aromatic heterocycles. The molecule has 0 spiro atoms. The van der Waals surface area contributed by atoms with E-state index >= 15 is 0 Å². The normalized spacial score (nSPS) is 10.5. The first-order valence-corrected chi connectivity index (χ1v) is 4.89. The number of rotatable bonds is 1. The van der Waals surface area contributed by atoms with Gasteiger partial charge in [0.1, 0.15) is 0 Å². The molecular weight excluding hydrogens is 224 g/mol. The van der Waals surface area contributed by atoms with E-state index in [0.29, 0.717) is 11.0 Å². The van der Waals surface area contributed by atoms with Crippen molar-refractivity contribution in [1.82, 2.24) is 9.97 Å². The maximum Gasteiger partial charge on any atom is 0.512 e. The number of hydrogen-bond acceptors (Lipinski definition) is 4. The van der Waals surface area contributed by atoms with E-state index < -0.39 is 17.6 Å². The third kappa shape index (κ3) is 2.10. The Morgan fingerprint density at radius 3 is 2.65 bits per heavy atom. The highest BCUT2D eigenvalue weighted by molar-refractivity contribution is 5.76. The van der Waals surface area contributed by atoms with Crippen LogP contribution in [-0.4, -0.2) is 21.2 Å². The molecular formula is C11H10N2O4. The van der Waals surface area contributed by atoms with Crippen molar-refractivity contribution < 1.29 is 14.6 Å². The van der Waals surface area contributed by atoms with E-state index in [1.54, 1.807) is 12.1 Å². The predicted molar refractivity (Wildman–Crippen MR) is 60.5 cm³/mol. The molecule has 1 heterocycles. The third-order valence-electron chi connectivity index (χ3n) is 2.46. The number of carbonyl (C=O) groups is 1. The Morgan fingerprint density at radius 2 is 2.00 bits per heavy atom. The first-order chi connectivity index (χ1) is 7.97. The number of aryl methyl sites for hydroxylation is 2. The van der Waals surface area contributed by atoms with E-state index in [1.165, 1.54) is 0 Å². The van der Waals surface area contributed by atoms with Gasteiger partial charge in [-0.15, -0.1) is 0 Å². The Balaban J connectivity index is 2.67. The third-order valence-corrected chi connectivity index (χ3v) is 2.46. The number of nitrogens with zero attached hydrogens (tertiary/aromatic N) is 1. The second-order valence-corrected chi connectivity index (χ2v) is 3.69. The van der Waals surface area contributed by atoms with Crippen LogP contribution < -0.4 is 10.3 Å². The van der Waals surface area contributed by atoms with Crippen LogP contribution in [0.4, 0.5) is 4.79 Å². The minimum atomic E-state index is -1.56. The molecule has 0 unspecified atom stereocenters. The van der Waals surface area contributed by atoms with Crippen LogP contribution in [0.5, 0.6) is 5.88 Å².